The van der Waals surface area contributed by atoms with Crippen molar-refractivity contribution in [2.24, 2.45) is 0 Å². The van der Waals surface area contributed by atoms with E-state index in [0.29, 0.717) is 12.0 Å². The molecule has 10 heteroatoms. The smallest absolute Gasteiger partial charge is 0.261 e. The van der Waals surface area contributed by atoms with Crippen LogP contribution in [-0.4, -0.2) is 52.2 Å². The number of halogens is 1. The molecule has 1 atom stereocenters. The first-order chi connectivity index (χ1) is 13.1. The molecule has 1 saturated heterocycles. The van der Waals surface area contributed by atoms with Crippen molar-refractivity contribution >= 4 is 31.5 Å². The molecule has 1 N–H and O–H groups in total. The third kappa shape index (κ3) is 4.50. The van der Waals surface area contributed by atoms with Gasteiger partial charge in [0.05, 0.1) is 16.4 Å². The second-order valence-electron chi connectivity index (χ2n) is 6.61. The van der Waals surface area contributed by atoms with E-state index in [4.69, 9.17) is 0 Å². The molecule has 0 saturated carbocycles. The molecule has 0 bridgehead atoms. The van der Waals surface area contributed by atoms with Crippen molar-refractivity contribution < 1.29 is 26.0 Å². The largest absolute Gasteiger partial charge is 0.338 e. The van der Waals surface area contributed by atoms with Crippen molar-refractivity contribution in [1.82, 2.24) is 4.90 Å². The average molecular weight is 426 g/mol. The van der Waals surface area contributed by atoms with Crippen molar-refractivity contribution in [3.05, 3.63) is 59.9 Å². The third-order valence-electron chi connectivity index (χ3n) is 4.58. The van der Waals surface area contributed by atoms with E-state index in [1.54, 1.807) is 7.05 Å². The number of sulfone groups is 1. The van der Waals surface area contributed by atoms with Gasteiger partial charge in [-0.15, -0.1) is 0 Å². The summed E-state index contributed by atoms with van der Waals surface area (Å²) in [7, 11) is -5.44. The predicted octanol–water partition coefficient (Wildman–Crippen LogP) is 1.89. The zero-order chi connectivity index (χ0) is 20.5. The minimum Gasteiger partial charge on any atom is -0.338 e. The molecule has 1 heterocycles. The molecule has 0 radical (unpaired) electrons. The van der Waals surface area contributed by atoms with Crippen LogP contribution in [0.5, 0.6) is 0 Å². The summed E-state index contributed by atoms with van der Waals surface area (Å²) in [6.45, 7) is 0. The van der Waals surface area contributed by atoms with Crippen LogP contribution in [0.3, 0.4) is 0 Å². The van der Waals surface area contributed by atoms with Crippen molar-refractivity contribution in [2.75, 3.05) is 23.3 Å². The third-order valence-corrected chi connectivity index (χ3v) is 7.73. The summed E-state index contributed by atoms with van der Waals surface area (Å²) in [5, 5.41) is 0. The first kappa shape index (κ1) is 20.3. The Morgan fingerprint density at radius 2 is 1.71 bits per heavy atom. The number of rotatable bonds is 5. The Morgan fingerprint density at radius 1 is 1.11 bits per heavy atom. The Labute approximate surface area is 163 Å². The number of benzene rings is 2. The maximum Gasteiger partial charge on any atom is 0.261 e. The molecular weight excluding hydrogens is 407 g/mol. The zero-order valence-electron chi connectivity index (χ0n) is 15.0. The molecule has 0 aromatic heterocycles. The fraction of sp³-hybridized carbons (Fsp3) is 0.278. The van der Waals surface area contributed by atoms with Gasteiger partial charge >= 0.3 is 0 Å². The summed E-state index contributed by atoms with van der Waals surface area (Å²) < 4.78 is 63.1. The fourth-order valence-electron chi connectivity index (χ4n) is 2.96. The van der Waals surface area contributed by atoms with E-state index in [2.05, 4.69) is 4.72 Å². The lowest BCUT2D eigenvalue weighted by Gasteiger charge is -2.23. The average Bonchev–Trinajstić information content (AvgIpc) is 3.01. The summed E-state index contributed by atoms with van der Waals surface area (Å²) in [4.78, 5) is 13.9. The highest BCUT2D eigenvalue weighted by Gasteiger charge is 2.33. The van der Waals surface area contributed by atoms with E-state index >= 15 is 0 Å². The second-order valence-corrected chi connectivity index (χ2v) is 10.5. The highest BCUT2D eigenvalue weighted by atomic mass is 32.2. The van der Waals surface area contributed by atoms with Crippen molar-refractivity contribution in [3.63, 3.8) is 0 Å². The molecule has 1 fully saturated rings. The van der Waals surface area contributed by atoms with E-state index < -0.39 is 25.7 Å². The van der Waals surface area contributed by atoms with Crippen LogP contribution in [-0.2, 0) is 19.9 Å². The quantitative estimate of drug-likeness (QED) is 0.787. The number of carbonyl (C=O) groups is 1. The Kier molecular flexibility index (Phi) is 5.44. The number of nitrogens with zero attached hydrogens (tertiary/aromatic N) is 1. The van der Waals surface area contributed by atoms with E-state index in [9.17, 15) is 26.0 Å². The molecule has 1 aliphatic rings. The molecule has 0 aliphatic carbocycles. The molecule has 1 amide bonds. The predicted molar refractivity (Wildman–Crippen MR) is 103 cm³/mol. The molecule has 2 aromatic rings. The van der Waals surface area contributed by atoms with Crippen LogP contribution < -0.4 is 4.72 Å². The number of anilines is 1. The van der Waals surface area contributed by atoms with Crippen LogP contribution in [0.1, 0.15) is 16.8 Å². The molecule has 150 valence electrons. The highest BCUT2D eigenvalue weighted by molar-refractivity contribution is 7.92. The zero-order valence-corrected chi connectivity index (χ0v) is 16.6. The lowest BCUT2D eigenvalue weighted by molar-refractivity contribution is 0.0747. The SMILES string of the molecule is CN(C(=O)c1ccc(NS(=O)(=O)c2ccc(F)cc2)cc1)[C@H]1CCS(=O)(=O)C1. The Hall–Kier alpha value is -2.46. The molecule has 2 aromatic carbocycles. The van der Waals surface area contributed by atoms with Gasteiger partial charge in [0.15, 0.2) is 9.84 Å². The molecular formula is C18H19FN2O5S2. The van der Waals surface area contributed by atoms with Gasteiger partial charge in [-0.3, -0.25) is 9.52 Å². The van der Waals surface area contributed by atoms with Gasteiger partial charge in [-0.1, -0.05) is 0 Å². The lowest BCUT2D eigenvalue weighted by atomic mass is 10.1. The van der Waals surface area contributed by atoms with Gasteiger partial charge in [0.1, 0.15) is 5.82 Å². The van der Waals surface area contributed by atoms with Gasteiger partial charge in [0.2, 0.25) is 0 Å². The van der Waals surface area contributed by atoms with Gasteiger partial charge in [0.25, 0.3) is 15.9 Å². The Balaban J connectivity index is 1.71. The van der Waals surface area contributed by atoms with Crippen molar-refractivity contribution in [2.45, 2.75) is 17.4 Å². The minimum atomic E-state index is -3.88. The molecule has 3 rings (SSSR count). The summed E-state index contributed by atoms with van der Waals surface area (Å²) in [6.07, 6.45) is 0.403. The normalized spacial score (nSPS) is 18.6. The number of amides is 1. The van der Waals surface area contributed by atoms with E-state index in [1.807, 2.05) is 0 Å². The number of carbonyl (C=O) groups excluding carboxylic acids is 1. The van der Waals surface area contributed by atoms with Crippen LogP contribution in [0.2, 0.25) is 0 Å². The molecule has 1 aliphatic heterocycles. The number of hydrogen-bond acceptors (Lipinski definition) is 5. The topological polar surface area (TPSA) is 101 Å². The van der Waals surface area contributed by atoms with Crippen LogP contribution in [0.15, 0.2) is 53.4 Å². The van der Waals surface area contributed by atoms with Gasteiger partial charge in [-0.25, -0.2) is 21.2 Å². The van der Waals surface area contributed by atoms with Gasteiger partial charge in [-0.05, 0) is 55.0 Å². The van der Waals surface area contributed by atoms with E-state index in [-0.39, 0.29) is 34.0 Å². The van der Waals surface area contributed by atoms with Gasteiger partial charge in [-0.2, -0.15) is 0 Å². The Morgan fingerprint density at radius 3 is 2.25 bits per heavy atom. The van der Waals surface area contributed by atoms with Gasteiger partial charge < -0.3 is 4.90 Å². The molecule has 7 nitrogen and oxygen atoms in total. The second kappa shape index (κ2) is 7.51. The van der Waals surface area contributed by atoms with Crippen LogP contribution in [0.4, 0.5) is 10.1 Å². The summed E-state index contributed by atoms with van der Waals surface area (Å²) >= 11 is 0. The first-order valence-corrected chi connectivity index (χ1v) is 11.7. The first-order valence-electron chi connectivity index (χ1n) is 8.43. The number of sulfonamides is 1. The van der Waals surface area contributed by atoms with Crippen molar-refractivity contribution in [1.29, 1.82) is 0 Å². The summed E-state index contributed by atoms with van der Waals surface area (Å²) in [6, 6.07) is 9.84. The maximum atomic E-state index is 13.0. The number of hydrogen-bond donors (Lipinski definition) is 1. The maximum absolute atomic E-state index is 13.0. The Bertz CT molecular complexity index is 1080. The van der Waals surface area contributed by atoms with Crippen molar-refractivity contribution in [3.8, 4) is 0 Å². The van der Waals surface area contributed by atoms with E-state index in [0.717, 1.165) is 24.3 Å². The van der Waals surface area contributed by atoms with Gasteiger partial charge in [0, 0.05) is 24.3 Å². The highest BCUT2D eigenvalue weighted by Crippen LogP contribution is 2.21. The lowest BCUT2D eigenvalue weighted by Crippen LogP contribution is -2.37. The summed E-state index contributed by atoms with van der Waals surface area (Å²) in [5.74, 6) is -0.861. The van der Waals surface area contributed by atoms with Crippen LogP contribution >= 0.6 is 0 Å². The monoisotopic (exact) mass is 426 g/mol. The number of nitrogens with one attached hydrogen (secondary N) is 1. The summed E-state index contributed by atoms with van der Waals surface area (Å²) in [5.41, 5.74) is 0.559. The molecule has 0 unspecified atom stereocenters. The molecule has 0 spiro atoms. The van der Waals surface area contributed by atoms with Crippen LogP contribution in [0, 0.1) is 5.82 Å². The minimum absolute atomic E-state index is 0.0508. The van der Waals surface area contributed by atoms with Crippen LogP contribution in [0.25, 0.3) is 0 Å². The fourth-order valence-corrected chi connectivity index (χ4v) is 5.79. The standard InChI is InChI=1S/C18H19FN2O5S2/c1-21(16-10-11-27(23,24)12-16)18(22)13-2-6-15(7-3-13)20-28(25,26)17-8-4-14(19)5-9-17/h2-9,16,20H,10-12H2,1H3/t16-/m0/s1. The van der Waals surface area contributed by atoms with E-state index in [1.165, 1.54) is 29.2 Å². The molecule has 28 heavy (non-hydrogen) atoms.